The second kappa shape index (κ2) is 12.0. The average molecular weight is 649 g/mol. The van der Waals surface area contributed by atoms with E-state index in [2.05, 4.69) is 185 Å². The summed E-state index contributed by atoms with van der Waals surface area (Å²) in [7, 11) is 0. The van der Waals surface area contributed by atoms with Crippen LogP contribution in [-0.2, 0) is 5.41 Å². The van der Waals surface area contributed by atoms with Gasteiger partial charge in [0.25, 0.3) is 0 Å². The number of hydrogen-bond donors (Lipinski definition) is 3. The fourth-order valence-electron chi connectivity index (χ4n) is 9.32. The molecular formula is C46H40N4. The van der Waals surface area contributed by atoms with Gasteiger partial charge in [0, 0.05) is 17.3 Å². The van der Waals surface area contributed by atoms with Gasteiger partial charge in [-0.05, 0) is 81.5 Å². The monoisotopic (exact) mass is 648 g/mol. The molecule has 0 bridgehead atoms. The highest BCUT2D eigenvalue weighted by atomic mass is 15.5. The van der Waals surface area contributed by atoms with E-state index in [-0.39, 0.29) is 24.5 Å². The Bertz CT molecular complexity index is 2160. The van der Waals surface area contributed by atoms with Crippen molar-refractivity contribution in [2.75, 3.05) is 4.90 Å². The number of anilines is 1. The minimum Gasteiger partial charge on any atom is -0.315 e. The second-order valence-corrected chi connectivity index (χ2v) is 14.0. The van der Waals surface area contributed by atoms with Crippen LogP contribution in [0.5, 0.6) is 0 Å². The third-order valence-electron chi connectivity index (χ3n) is 11.4. The molecular weight excluding hydrogens is 609 g/mol. The molecule has 4 heteroatoms. The molecule has 1 saturated heterocycles. The summed E-state index contributed by atoms with van der Waals surface area (Å²) in [6, 6.07) is 51.3. The summed E-state index contributed by atoms with van der Waals surface area (Å²) in [6.45, 7) is 0. The van der Waals surface area contributed by atoms with Crippen molar-refractivity contribution in [3.63, 3.8) is 0 Å². The van der Waals surface area contributed by atoms with Crippen LogP contribution >= 0.6 is 0 Å². The minimum atomic E-state index is -0.422. The van der Waals surface area contributed by atoms with E-state index in [1.54, 1.807) is 0 Å². The van der Waals surface area contributed by atoms with Gasteiger partial charge in [-0.1, -0.05) is 152 Å². The number of fused-ring (bicyclic) bond motifs is 5. The van der Waals surface area contributed by atoms with E-state index in [4.69, 9.17) is 0 Å². The first kappa shape index (κ1) is 29.6. The standard InChI is InChI=1S/C46H40N4/c1-5-17-31(18-6-1)43-47-44(32-19-7-2-8-20-32)49-45(48-43)50-41-28-16-14-26-36(41)38-29-37-35-25-13-15-27-39(35)46(40(37)30-42(38)50,33-21-9-3-10-22-33)34-23-11-4-12-24-34/h1,3-7,9-28,30,38,43-45,47-49H,2,8,29H2. The van der Waals surface area contributed by atoms with Gasteiger partial charge in [0.2, 0.25) is 0 Å². The Morgan fingerprint density at radius 1 is 0.620 bits per heavy atom. The lowest BCUT2D eigenvalue weighted by molar-refractivity contribution is 0.221. The third kappa shape index (κ3) is 4.49. The molecule has 2 heterocycles. The zero-order valence-electron chi connectivity index (χ0n) is 28.0. The largest absolute Gasteiger partial charge is 0.315 e. The maximum atomic E-state index is 4.03. The molecule has 244 valence electrons. The molecule has 50 heavy (non-hydrogen) atoms. The first-order valence-electron chi connectivity index (χ1n) is 18.0. The van der Waals surface area contributed by atoms with Crippen LogP contribution in [0.2, 0.25) is 0 Å². The number of para-hydroxylation sites is 1. The molecule has 4 nitrogen and oxygen atoms in total. The van der Waals surface area contributed by atoms with Crippen LogP contribution in [-0.4, -0.2) is 12.5 Å². The van der Waals surface area contributed by atoms with Crippen molar-refractivity contribution in [2.45, 2.75) is 49.2 Å². The summed E-state index contributed by atoms with van der Waals surface area (Å²) >= 11 is 0. The van der Waals surface area contributed by atoms with Crippen molar-refractivity contribution in [3.8, 4) is 0 Å². The van der Waals surface area contributed by atoms with Gasteiger partial charge in [-0.15, -0.1) is 0 Å². The maximum Gasteiger partial charge on any atom is 0.141 e. The lowest BCUT2D eigenvalue weighted by Crippen LogP contribution is -2.68. The van der Waals surface area contributed by atoms with Gasteiger partial charge >= 0.3 is 0 Å². The molecule has 5 aromatic rings. The summed E-state index contributed by atoms with van der Waals surface area (Å²) in [4.78, 5) is 2.57. The summed E-state index contributed by atoms with van der Waals surface area (Å²) in [5.41, 5.74) is 14.3. The normalized spacial score (nSPS) is 24.5. The third-order valence-corrected chi connectivity index (χ3v) is 11.4. The van der Waals surface area contributed by atoms with Gasteiger partial charge in [-0.25, -0.2) is 0 Å². The van der Waals surface area contributed by atoms with E-state index >= 15 is 0 Å². The lowest BCUT2D eigenvalue weighted by atomic mass is 9.66. The van der Waals surface area contributed by atoms with E-state index in [0.717, 1.165) is 19.3 Å². The molecule has 0 amide bonds. The Morgan fingerprint density at radius 3 is 2.02 bits per heavy atom. The highest BCUT2D eigenvalue weighted by molar-refractivity contribution is 5.91. The smallest absolute Gasteiger partial charge is 0.141 e. The Hall–Kier alpha value is -5.26. The van der Waals surface area contributed by atoms with Gasteiger partial charge in [0.05, 0.1) is 17.7 Å². The van der Waals surface area contributed by atoms with E-state index in [1.165, 1.54) is 61.5 Å². The predicted octanol–water partition coefficient (Wildman–Crippen LogP) is 9.05. The fourth-order valence-corrected chi connectivity index (χ4v) is 9.32. The van der Waals surface area contributed by atoms with Crippen molar-refractivity contribution < 1.29 is 0 Å². The van der Waals surface area contributed by atoms with Crippen LogP contribution < -0.4 is 20.9 Å². The van der Waals surface area contributed by atoms with Crippen molar-refractivity contribution in [3.05, 3.63) is 214 Å². The average Bonchev–Trinajstić information content (AvgIpc) is 3.68. The number of nitrogens with zero attached hydrogens (tertiary/aromatic N) is 1. The van der Waals surface area contributed by atoms with Crippen molar-refractivity contribution in [1.82, 2.24) is 16.0 Å². The number of rotatable bonds is 5. The molecule has 0 saturated carbocycles. The zero-order chi connectivity index (χ0) is 33.1. The predicted molar refractivity (Wildman–Crippen MR) is 203 cm³/mol. The Morgan fingerprint density at radius 2 is 1.28 bits per heavy atom. The molecule has 3 N–H and O–H groups in total. The van der Waals surface area contributed by atoms with E-state index in [1.807, 2.05) is 0 Å². The van der Waals surface area contributed by atoms with E-state index < -0.39 is 5.41 Å². The first-order valence-corrected chi connectivity index (χ1v) is 18.0. The van der Waals surface area contributed by atoms with Crippen molar-refractivity contribution in [1.29, 1.82) is 0 Å². The topological polar surface area (TPSA) is 39.3 Å². The number of hydrogen-bond acceptors (Lipinski definition) is 4. The first-order chi connectivity index (χ1) is 24.8. The van der Waals surface area contributed by atoms with Crippen LogP contribution in [0.1, 0.15) is 64.7 Å². The summed E-state index contributed by atoms with van der Waals surface area (Å²) < 4.78 is 0. The van der Waals surface area contributed by atoms with Crippen LogP contribution in [0.25, 0.3) is 5.57 Å². The highest BCUT2D eigenvalue weighted by Crippen LogP contribution is 2.61. The van der Waals surface area contributed by atoms with Crippen LogP contribution in [0.4, 0.5) is 5.69 Å². The molecule has 3 aliphatic carbocycles. The molecule has 5 aliphatic rings. The molecule has 2 aliphatic heterocycles. The van der Waals surface area contributed by atoms with E-state index in [9.17, 15) is 0 Å². The van der Waals surface area contributed by atoms with Gasteiger partial charge in [-0.2, -0.15) is 0 Å². The number of benzene rings is 5. The maximum absolute atomic E-state index is 4.03. The Balaban J connectivity index is 1.17. The zero-order valence-corrected chi connectivity index (χ0v) is 28.0. The molecule has 0 aromatic heterocycles. The van der Waals surface area contributed by atoms with Crippen molar-refractivity contribution >= 4 is 11.3 Å². The molecule has 5 aromatic carbocycles. The summed E-state index contributed by atoms with van der Waals surface area (Å²) in [6.07, 6.45) is 12.5. The SMILES string of the molecule is C1=CC(C2NC(c3ccccc3)NC(N3C4=CC5=C(CC4c4ccccc43)c3ccccc3C5(c3ccccc3)c3ccccc3)N2)=CCC1. The van der Waals surface area contributed by atoms with Crippen LogP contribution in [0, 0.1) is 0 Å². The quantitative estimate of drug-likeness (QED) is 0.178. The molecule has 0 spiro atoms. The summed E-state index contributed by atoms with van der Waals surface area (Å²) in [5, 5.41) is 11.9. The molecule has 0 radical (unpaired) electrons. The highest BCUT2D eigenvalue weighted by Gasteiger charge is 2.51. The number of allylic oxidation sites excluding steroid dienone is 6. The van der Waals surface area contributed by atoms with Crippen LogP contribution in [0.3, 0.4) is 0 Å². The van der Waals surface area contributed by atoms with Gasteiger partial charge in [0.15, 0.2) is 0 Å². The van der Waals surface area contributed by atoms with E-state index in [0.29, 0.717) is 0 Å². The Labute approximate surface area is 294 Å². The van der Waals surface area contributed by atoms with Crippen molar-refractivity contribution in [2.24, 2.45) is 0 Å². The summed E-state index contributed by atoms with van der Waals surface area (Å²) in [5.74, 6) is 0.251. The minimum absolute atomic E-state index is 0.00310. The lowest BCUT2D eigenvalue weighted by Gasteiger charge is -2.45. The van der Waals surface area contributed by atoms with Gasteiger partial charge in [-0.3, -0.25) is 16.0 Å². The Kier molecular flexibility index (Phi) is 7.09. The molecule has 4 atom stereocenters. The number of nitrogens with one attached hydrogen (secondary N) is 3. The molecule has 10 rings (SSSR count). The van der Waals surface area contributed by atoms with Crippen LogP contribution in [0.15, 0.2) is 181 Å². The molecule has 1 fully saturated rings. The second-order valence-electron chi connectivity index (χ2n) is 14.0. The fraction of sp³-hybridized carbons (Fsp3) is 0.174. The molecule has 4 unspecified atom stereocenters. The van der Waals surface area contributed by atoms with Gasteiger partial charge < -0.3 is 4.90 Å². The van der Waals surface area contributed by atoms with Gasteiger partial charge in [0.1, 0.15) is 6.29 Å².